The Hall–Kier alpha value is -2.11. The van der Waals surface area contributed by atoms with E-state index in [4.69, 9.17) is 10.6 Å². The number of terminal acetylenes is 1. The summed E-state index contributed by atoms with van der Waals surface area (Å²) in [6.07, 6.45) is 5.44. The Morgan fingerprint density at radius 1 is 1.57 bits per heavy atom. The molecule has 1 aromatic rings. The van der Waals surface area contributed by atoms with Crippen LogP contribution in [0.3, 0.4) is 0 Å². The normalized spacial score (nSPS) is 18.6. The number of aryl methyl sites for hydroxylation is 1. The van der Waals surface area contributed by atoms with E-state index in [1.165, 1.54) is 0 Å². The number of nitro groups is 1. The van der Waals surface area contributed by atoms with Crippen LogP contribution in [-0.4, -0.2) is 25.8 Å². The van der Waals surface area contributed by atoms with E-state index in [0.29, 0.717) is 24.1 Å². The van der Waals surface area contributed by atoms with Gasteiger partial charge in [0.25, 0.3) is 10.1 Å². The Kier molecular flexibility index (Phi) is 4.16. The van der Waals surface area contributed by atoms with Gasteiger partial charge in [-0.15, -0.1) is 6.42 Å². The Morgan fingerprint density at radius 2 is 2.29 bits per heavy atom. The van der Waals surface area contributed by atoms with Gasteiger partial charge >= 0.3 is 6.17 Å². The van der Waals surface area contributed by atoms with E-state index >= 15 is 0 Å². The molecule has 7 nitrogen and oxygen atoms in total. The smallest absolute Gasteiger partial charge is 0.313 e. The molecule has 0 aromatic heterocycles. The molecule has 2 unspecified atom stereocenters. The molecule has 1 aliphatic carbocycles. The van der Waals surface area contributed by atoms with Gasteiger partial charge in [-0.05, 0) is 42.0 Å². The molecule has 0 spiro atoms. The maximum atomic E-state index is 11.2. The fourth-order valence-electron chi connectivity index (χ4n) is 2.28. The van der Waals surface area contributed by atoms with E-state index in [1.807, 2.05) is 5.92 Å². The molecule has 0 saturated carbocycles. The quantitative estimate of drug-likeness (QED) is 0.289. The number of fused-ring (bicyclic) bond motifs is 1. The van der Waals surface area contributed by atoms with Gasteiger partial charge in [0.05, 0.1) is 11.2 Å². The van der Waals surface area contributed by atoms with Crippen LogP contribution in [-0.2, 0) is 20.7 Å². The van der Waals surface area contributed by atoms with Gasteiger partial charge in [0, 0.05) is 5.69 Å². The fraction of sp³-hybridized carbons (Fsp3) is 0.385. The van der Waals surface area contributed by atoms with Crippen molar-refractivity contribution in [2.24, 2.45) is 0 Å². The van der Waals surface area contributed by atoms with Crippen LogP contribution in [0.15, 0.2) is 18.2 Å². The van der Waals surface area contributed by atoms with Gasteiger partial charge in [0.2, 0.25) is 0 Å². The standard InChI is InChI=1S/C13H14N2O5S/c1-3-13(15(16)17)14-10-6-4-9-5-7-12(11(9)8-10)20-21(2,18)19/h1,4,6,8,12-14H,5,7H2,2H3. The molecule has 2 rings (SSSR count). The molecule has 1 aromatic carbocycles. The molecule has 0 saturated heterocycles. The third-order valence-corrected chi connectivity index (χ3v) is 3.71. The summed E-state index contributed by atoms with van der Waals surface area (Å²) in [5, 5.41) is 13.3. The van der Waals surface area contributed by atoms with Gasteiger partial charge in [0.15, 0.2) is 0 Å². The number of hydrogen-bond acceptors (Lipinski definition) is 6. The molecule has 8 heteroatoms. The van der Waals surface area contributed by atoms with Gasteiger partial charge < -0.3 is 5.32 Å². The number of nitrogens with one attached hydrogen (secondary N) is 1. The lowest BCUT2D eigenvalue weighted by atomic mass is 10.1. The van der Waals surface area contributed by atoms with Crippen molar-refractivity contribution in [3.05, 3.63) is 39.4 Å². The molecule has 0 fully saturated rings. The van der Waals surface area contributed by atoms with Crippen molar-refractivity contribution in [3.8, 4) is 12.3 Å². The molecule has 21 heavy (non-hydrogen) atoms. The summed E-state index contributed by atoms with van der Waals surface area (Å²) < 4.78 is 27.5. The summed E-state index contributed by atoms with van der Waals surface area (Å²) in [7, 11) is -3.57. The second-order valence-electron chi connectivity index (χ2n) is 4.74. The van der Waals surface area contributed by atoms with Gasteiger partial charge in [0.1, 0.15) is 6.10 Å². The predicted octanol–water partition coefficient (Wildman–Crippen LogP) is 1.30. The zero-order valence-corrected chi connectivity index (χ0v) is 12.1. The summed E-state index contributed by atoms with van der Waals surface area (Å²) in [6, 6.07) is 5.11. The molecule has 1 aliphatic rings. The van der Waals surface area contributed by atoms with Gasteiger partial charge in [-0.2, -0.15) is 8.42 Å². The third-order valence-electron chi connectivity index (χ3n) is 3.13. The Balaban J connectivity index is 2.24. The van der Waals surface area contributed by atoms with E-state index in [9.17, 15) is 18.5 Å². The summed E-state index contributed by atoms with van der Waals surface area (Å²) >= 11 is 0. The molecular formula is C13H14N2O5S. The van der Waals surface area contributed by atoms with Gasteiger partial charge in [-0.1, -0.05) is 6.07 Å². The lowest BCUT2D eigenvalue weighted by Crippen LogP contribution is -2.26. The van der Waals surface area contributed by atoms with Gasteiger partial charge in [-0.25, -0.2) is 0 Å². The molecule has 0 bridgehead atoms. The highest BCUT2D eigenvalue weighted by Crippen LogP contribution is 2.36. The molecule has 0 heterocycles. The summed E-state index contributed by atoms with van der Waals surface area (Å²) in [5.74, 6) is 2.03. The molecule has 0 aliphatic heterocycles. The summed E-state index contributed by atoms with van der Waals surface area (Å²) in [4.78, 5) is 10.1. The minimum atomic E-state index is -3.57. The minimum absolute atomic E-state index is 0.456. The highest BCUT2D eigenvalue weighted by atomic mass is 32.2. The first-order chi connectivity index (χ1) is 9.80. The van der Waals surface area contributed by atoms with Crippen molar-refractivity contribution in [2.45, 2.75) is 25.1 Å². The fourth-order valence-corrected chi connectivity index (χ4v) is 2.90. The number of hydrogen-bond donors (Lipinski definition) is 1. The van der Waals surface area contributed by atoms with Crippen LogP contribution in [0.5, 0.6) is 0 Å². The zero-order valence-electron chi connectivity index (χ0n) is 11.3. The van der Waals surface area contributed by atoms with Crippen molar-refractivity contribution in [1.29, 1.82) is 0 Å². The summed E-state index contributed by atoms with van der Waals surface area (Å²) in [6.45, 7) is 0. The van der Waals surface area contributed by atoms with Crippen LogP contribution in [0.2, 0.25) is 0 Å². The first-order valence-electron chi connectivity index (χ1n) is 6.17. The van der Waals surface area contributed by atoms with Crippen LogP contribution < -0.4 is 5.32 Å². The maximum absolute atomic E-state index is 11.2. The SMILES string of the molecule is C#CC(Nc1ccc2c(c1)C(OS(C)(=O)=O)CC2)[N+](=O)[O-]. The van der Waals surface area contributed by atoms with Crippen molar-refractivity contribution >= 4 is 15.8 Å². The van der Waals surface area contributed by atoms with Crippen LogP contribution in [0.25, 0.3) is 0 Å². The molecule has 1 N–H and O–H groups in total. The second-order valence-corrected chi connectivity index (χ2v) is 6.34. The maximum Gasteiger partial charge on any atom is 0.346 e. The number of nitrogens with zero attached hydrogens (tertiary/aromatic N) is 1. The summed E-state index contributed by atoms with van der Waals surface area (Å²) in [5.41, 5.74) is 2.13. The van der Waals surface area contributed by atoms with Crippen LogP contribution >= 0.6 is 0 Å². The average molecular weight is 310 g/mol. The first kappa shape index (κ1) is 15.3. The van der Waals surface area contributed by atoms with E-state index in [0.717, 1.165) is 11.8 Å². The van der Waals surface area contributed by atoms with Crippen LogP contribution in [0, 0.1) is 22.5 Å². The number of benzene rings is 1. The molecule has 112 valence electrons. The highest BCUT2D eigenvalue weighted by molar-refractivity contribution is 7.86. The molecule has 0 radical (unpaired) electrons. The topological polar surface area (TPSA) is 98.5 Å². The van der Waals surface area contributed by atoms with Gasteiger partial charge in [-0.3, -0.25) is 14.3 Å². The van der Waals surface area contributed by atoms with Crippen molar-refractivity contribution in [3.63, 3.8) is 0 Å². The average Bonchev–Trinajstić information content (AvgIpc) is 2.76. The van der Waals surface area contributed by atoms with E-state index in [1.54, 1.807) is 18.2 Å². The van der Waals surface area contributed by atoms with E-state index in [2.05, 4.69) is 5.32 Å². The van der Waals surface area contributed by atoms with E-state index < -0.39 is 27.3 Å². The molecule has 0 amide bonds. The monoisotopic (exact) mass is 310 g/mol. The Bertz CT molecular complexity index is 708. The largest absolute Gasteiger partial charge is 0.346 e. The Labute approximate surface area is 122 Å². The molecular weight excluding hydrogens is 296 g/mol. The third kappa shape index (κ3) is 3.71. The predicted molar refractivity (Wildman–Crippen MR) is 76.7 cm³/mol. The highest BCUT2D eigenvalue weighted by Gasteiger charge is 2.27. The van der Waals surface area contributed by atoms with Crippen molar-refractivity contribution in [2.75, 3.05) is 11.6 Å². The minimum Gasteiger partial charge on any atom is -0.313 e. The van der Waals surface area contributed by atoms with Crippen LogP contribution in [0.4, 0.5) is 5.69 Å². The second kappa shape index (κ2) is 5.71. The first-order valence-corrected chi connectivity index (χ1v) is 7.99. The zero-order chi connectivity index (χ0) is 15.6. The molecule has 2 atom stereocenters. The lowest BCUT2D eigenvalue weighted by molar-refractivity contribution is -0.499. The Morgan fingerprint density at radius 3 is 2.86 bits per heavy atom. The number of anilines is 1. The van der Waals surface area contributed by atoms with E-state index in [-0.39, 0.29) is 0 Å². The van der Waals surface area contributed by atoms with Crippen molar-refractivity contribution in [1.82, 2.24) is 0 Å². The van der Waals surface area contributed by atoms with Crippen LogP contribution in [0.1, 0.15) is 23.7 Å². The number of rotatable bonds is 5. The van der Waals surface area contributed by atoms with Crippen molar-refractivity contribution < 1.29 is 17.5 Å². The lowest BCUT2D eigenvalue weighted by Gasteiger charge is -2.13.